The molecule has 0 radical (unpaired) electrons. The summed E-state index contributed by atoms with van der Waals surface area (Å²) >= 11 is 0. The van der Waals surface area contributed by atoms with Gasteiger partial charge in [-0.25, -0.2) is 0 Å². The average molecular weight is 400 g/mol. The summed E-state index contributed by atoms with van der Waals surface area (Å²) < 4.78 is 0. The highest BCUT2D eigenvalue weighted by atomic mass is 16.4. The van der Waals surface area contributed by atoms with E-state index in [0.717, 1.165) is 35.7 Å². The van der Waals surface area contributed by atoms with Crippen molar-refractivity contribution in [3.63, 3.8) is 0 Å². The van der Waals surface area contributed by atoms with Crippen LogP contribution in [0.1, 0.15) is 52.5 Å². The summed E-state index contributed by atoms with van der Waals surface area (Å²) in [5, 5.41) is 12.6. The smallest absolute Gasteiger partial charge is 0.303 e. The van der Waals surface area contributed by atoms with E-state index in [0.29, 0.717) is 11.8 Å². The Bertz CT molecular complexity index is 843. The first kappa shape index (κ1) is 22.5. The van der Waals surface area contributed by atoms with Gasteiger partial charge in [0.05, 0.1) is 23.5 Å². The molecule has 6 nitrogen and oxygen atoms in total. The molecule has 29 heavy (non-hydrogen) atoms. The fourth-order valence-electron chi connectivity index (χ4n) is 3.41. The first-order chi connectivity index (χ1) is 13.7. The maximum atomic E-state index is 11.4. The molecule has 0 saturated heterocycles. The Morgan fingerprint density at radius 1 is 1.07 bits per heavy atom. The van der Waals surface area contributed by atoms with Crippen LogP contribution in [0.25, 0.3) is 0 Å². The SMILES string of the molecule is CC(C)CN(CC(C)C)c1ccc(C(C)CC(=O)O)cc1Nc1ccc(=O)[nH]c1. The molecule has 6 heteroatoms. The quantitative estimate of drug-likeness (QED) is 0.533. The fourth-order valence-corrected chi connectivity index (χ4v) is 3.41. The molecule has 1 heterocycles. The Kier molecular flexibility index (Phi) is 7.88. The van der Waals surface area contributed by atoms with E-state index in [2.05, 4.69) is 49.0 Å². The molecular formula is C23H33N3O3. The number of aromatic amines is 1. The summed E-state index contributed by atoms with van der Waals surface area (Å²) in [4.78, 5) is 27.6. The second kappa shape index (κ2) is 10.1. The largest absolute Gasteiger partial charge is 0.481 e. The molecule has 0 bridgehead atoms. The van der Waals surface area contributed by atoms with Gasteiger partial charge >= 0.3 is 5.97 Å². The molecule has 0 amide bonds. The molecule has 0 fully saturated rings. The molecule has 158 valence electrons. The maximum absolute atomic E-state index is 11.4. The topological polar surface area (TPSA) is 85.4 Å². The highest BCUT2D eigenvalue weighted by Gasteiger charge is 2.18. The van der Waals surface area contributed by atoms with E-state index >= 15 is 0 Å². The van der Waals surface area contributed by atoms with Crippen LogP contribution in [0.2, 0.25) is 0 Å². The summed E-state index contributed by atoms with van der Waals surface area (Å²) in [6.45, 7) is 12.6. The zero-order chi connectivity index (χ0) is 21.6. The van der Waals surface area contributed by atoms with Crippen molar-refractivity contribution in [1.82, 2.24) is 4.98 Å². The summed E-state index contributed by atoms with van der Waals surface area (Å²) in [6, 6.07) is 9.35. The van der Waals surface area contributed by atoms with Gasteiger partial charge in [-0.2, -0.15) is 0 Å². The minimum Gasteiger partial charge on any atom is -0.481 e. The second-order valence-corrected chi connectivity index (χ2v) is 8.53. The van der Waals surface area contributed by atoms with Crippen LogP contribution in [-0.2, 0) is 4.79 Å². The summed E-state index contributed by atoms with van der Waals surface area (Å²) in [5.41, 5.74) is 3.58. The summed E-state index contributed by atoms with van der Waals surface area (Å²) in [6.07, 6.45) is 1.73. The van der Waals surface area contributed by atoms with Crippen molar-refractivity contribution in [3.8, 4) is 0 Å². The number of nitrogens with one attached hydrogen (secondary N) is 2. The lowest BCUT2D eigenvalue weighted by atomic mass is 9.96. The third kappa shape index (κ3) is 6.97. The normalized spacial score (nSPS) is 12.2. The number of aliphatic carboxylic acids is 1. The van der Waals surface area contributed by atoms with E-state index in [9.17, 15) is 9.59 Å². The van der Waals surface area contributed by atoms with Crippen molar-refractivity contribution < 1.29 is 9.90 Å². The number of H-pyrrole nitrogens is 1. The lowest BCUT2D eigenvalue weighted by Crippen LogP contribution is -2.31. The third-order valence-corrected chi connectivity index (χ3v) is 4.65. The van der Waals surface area contributed by atoms with Gasteiger partial charge in [0.15, 0.2) is 0 Å². The van der Waals surface area contributed by atoms with E-state index in [-0.39, 0.29) is 17.9 Å². The summed E-state index contributed by atoms with van der Waals surface area (Å²) in [7, 11) is 0. The zero-order valence-corrected chi connectivity index (χ0v) is 18.0. The zero-order valence-electron chi connectivity index (χ0n) is 18.0. The predicted octanol–water partition coefficient (Wildman–Crippen LogP) is 4.82. The van der Waals surface area contributed by atoms with Crippen molar-refractivity contribution in [2.45, 2.75) is 47.0 Å². The van der Waals surface area contributed by atoms with Crippen LogP contribution >= 0.6 is 0 Å². The van der Waals surface area contributed by atoms with Crippen LogP contribution in [-0.4, -0.2) is 29.1 Å². The molecule has 1 aromatic heterocycles. The molecule has 1 unspecified atom stereocenters. The van der Waals surface area contributed by atoms with Gasteiger partial charge < -0.3 is 20.3 Å². The number of aromatic nitrogens is 1. The number of rotatable bonds is 10. The molecule has 1 aromatic carbocycles. The highest BCUT2D eigenvalue weighted by molar-refractivity contribution is 5.76. The molecule has 0 saturated carbocycles. The lowest BCUT2D eigenvalue weighted by Gasteiger charge is -2.31. The van der Waals surface area contributed by atoms with Crippen LogP contribution in [0, 0.1) is 11.8 Å². The Morgan fingerprint density at radius 3 is 2.24 bits per heavy atom. The van der Waals surface area contributed by atoms with Crippen LogP contribution in [0.3, 0.4) is 0 Å². The van der Waals surface area contributed by atoms with Crippen molar-refractivity contribution >= 4 is 23.0 Å². The number of hydrogen-bond donors (Lipinski definition) is 3. The van der Waals surface area contributed by atoms with Gasteiger partial charge in [0.25, 0.3) is 0 Å². The second-order valence-electron chi connectivity index (χ2n) is 8.53. The molecule has 0 aliphatic carbocycles. The van der Waals surface area contributed by atoms with Crippen LogP contribution in [0.5, 0.6) is 0 Å². The number of carboxylic acids is 1. The van der Waals surface area contributed by atoms with Gasteiger partial charge in [-0.3, -0.25) is 9.59 Å². The van der Waals surface area contributed by atoms with Gasteiger partial charge in [-0.1, -0.05) is 40.7 Å². The Hall–Kier alpha value is -2.76. The van der Waals surface area contributed by atoms with Crippen LogP contribution in [0.15, 0.2) is 41.3 Å². The third-order valence-electron chi connectivity index (χ3n) is 4.65. The van der Waals surface area contributed by atoms with Gasteiger partial charge in [0.1, 0.15) is 0 Å². The van der Waals surface area contributed by atoms with Crippen molar-refractivity contribution in [2.24, 2.45) is 11.8 Å². The lowest BCUT2D eigenvalue weighted by molar-refractivity contribution is -0.137. The maximum Gasteiger partial charge on any atom is 0.303 e. The molecule has 3 N–H and O–H groups in total. The summed E-state index contributed by atoms with van der Waals surface area (Å²) in [5.74, 6) is 0.0971. The van der Waals surface area contributed by atoms with Gasteiger partial charge in [-0.15, -0.1) is 0 Å². The number of benzene rings is 1. The first-order valence-corrected chi connectivity index (χ1v) is 10.2. The van der Waals surface area contributed by atoms with E-state index in [1.54, 1.807) is 12.3 Å². The van der Waals surface area contributed by atoms with Crippen molar-refractivity contribution in [3.05, 3.63) is 52.4 Å². The van der Waals surface area contributed by atoms with Crippen LogP contribution < -0.4 is 15.8 Å². The van der Waals surface area contributed by atoms with Crippen molar-refractivity contribution in [2.75, 3.05) is 23.3 Å². The number of nitrogens with zero attached hydrogens (tertiary/aromatic N) is 1. The van der Waals surface area contributed by atoms with Gasteiger partial charge in [-0.05, 0) is 41.5 Å². The molecule has 1 atom stereocenters. The van der Waals surface area contributed by atoms with Crippen molar-refractivity contribution in [1.29, 1.82) is 0 Å². The standard InChI is InChI=1S/C23H33N3O3/c1-15(2)13-26(14-16(3)4)21-8-6-18(17(5)10-23(28)29)11-20(21)25-19-7-9-22(27)24-12-19/h6-9,11-12,15-17,25H,10,13-14H2,1-5H3,(H,24,27)(H,28,29). The van der Waals surface area contributed by atoms with E-state index in [1.165, 1.54) is 6.07 Å². The van der Waals surface area contributed by atoms with Gasteiger partial charge in [0, 0.05) is 25.4 Å². The number of anilines is 3. The predicted molar refractivity (Wildman–Crippen MR) is 119 cm³/mol. The highest BCUT2D eigenvalue weighted by Crippen LogP contribution is 2.34. The minimum absolute atomic E-state index is 0.0825. The molecule has 2 rings (SSSR count). The molecule has 2 aromatic rings. The number of hydrogen-bond acceptors (Lipinski definition) is 4. The van der Waals surface area contributed by atoms with E-state index in [4.69, 9.17) is 5.11 Å². The van der Waals surface area contributed by atoms with Crippen LogP contribution in [0.4, 0.5) is 17.1 Å². The molecule has 0 aliphatic heterocycles. The molecule has 0 aliphatic rings. The monoisotopic (exact) mass is 399 g/mol. The Morgan fingerprint density at radius 2 is 1.72 bits per heavy atom. The fraction of sp³-hybridized carbons (Fsp3) is 0.478. The Balaban J connectivity index is 2.47. The first-order valence-electron chi connectivity index (χ1n) is 10.2. The van der Waals surface area contributed by atoms with Gasteiger partial charge in [0.2, 0.25) is 5.56 Å². The number of carboxylic acid groups (broad SMARTS) is 1. The number of carbonyl (C=O) groups is 1. The van der Waals surface area contributed by atoms with E-state index in [1.807, 2.05) is 19.1 Å². The average Bonchev–Trinajstić information content (AvgIpc) is 2.61. The molecular weight excluding hydrogens is 366 g/mol. The Labute approximate surface area is 173 Å². The minimum atomic E-state index is -0.807. The number of pyridine rings is 1. The molecule has 0 spiro atoms. The van der Waals surface area contributed by atoms with E-state index < -0.39 is 5.97 Å².